The van der Waals surface area contributed by atoms with E-state index in [2.05, 4.69) is 5.32 Å². The van der Waals surface area contributed by atoms with Crippen LogP contribution in [0, 0.1) is 5.92 Å². The van der Waals surface area contributed by atoms with E-state index in [9.17, 15) is 4.39 Å². The summed E-state index contributed by atoms with van der Waals surface area (Å²) >= 11 is 0. The molecule has 1 heterocycles. The Morgan fingerprint density at radius 3 is 2.70 bits per heavy atom. The summed E-state index contributed by atoms with van der Waals surface area (Å²) in [4.78, 5) is 0. The summed E-state index contributed by atoms with van der Waals surface area (Å²) in [6, 6.07) is 0. The van der Waals surface area contributed by atoms with Gasteiger partial charge in [0, 0.05) is 25.6 Å². The highest BCUT2D eigenvalue weighted by atomic mass is 19.1. The summed E-state index contributed by atoms with van der Waals surface area (Å²) in [6.45, 7) is 0.539. The highest BCUT2D eigenvalue weighted by Gasteiger charge is 2.31. The van der Waals surface area contributed by atoms with Crippen LogP contribution in [0.25, 0.3) is 0 Å². The van der Waals surface area contributed by atoms with Crippen LogP contribution >= 0.6 is 0 Å². The molecular weight excluding hydrogens is 137 g/mol. The number of aliphatic hydroxyl groups excluding tert-OH is 2. The summed E-state index contributed by atoms with van der Waals surface area (Å²) in [5.74, 6) is -0.441. The van der Waals surface area contributed by atoms with Crippen molar-refractivity contribution in [2.24, 2.45) is 5.92 Å². The molecule has 0 bridgehead atoms. The Bertz CT molecular complexity index is 112. The summed E-state index contributed by atoms with van der Waals surface area (Å²) in [5.41, 5.74) is 0. The van der Waals surface area contributed by atoms with Crippen molar-refractivity contribution in [2.75, 3.05) is 19.7 Å². The van der Waals surface area contributed by atoms with Gasteiger partial charge in [-0.25, -0.2) is 4.39 Å². The van der Waals surface area contributed by atoms with Gasteiger partial charge in [0.25, 0.3) is 0 Å². The lowest BCUT2D eigenvalue weighted by molar-refractivity contribution is 0.000116. The quantitative estimate of drug-likeness (QED) is 0.443. The summed E-state index contributed by atoms with van der Waals surface area (Å²) in [7, 11) is 0. The van der Waals surface area contributed by atoms with Gasteiger partial charge >= 0.3 is 0 Å². The molecule has 0 aromatic heterocycles. The number of piperidine rings is 1. The number of β-amino-alcohol motifs (C(OH)–C–C–N with tert-alkyl or cyclic N) is 1. The maximum absolute atomic E-state index is 12.8. The van der Waals surface area contributed by atoms with Gasteiger partial charge in [0.05, 0.1) is 6.10 Å². The lowest BCUT2D eigenvalue weighted by Crippen LogP contribution is -2.49. The number of halogens is 1. The molecule has 1 rings (SSSR count). The fraction of sp³-hybridized carbons (Fsp3) is 1.00. The zero-order valence-corrected chi connectivity index (χ0v) is 5.63. The normalized spacial score (nSPS) is 41.7. The second-order valence-corrected chi connectivity index (χ2v) is 2.61. The van der Waals surface area contributed by atoms with Crippen LogP contribution in [0.3, 0.4) is 0 Å². The first kappa shape index (κ1) is 7.91. The minimum atomic E-state index is -1.27. The van der Waals surface area contributed by atoms with Crippen molar-refractivity contribution in [2.45, 2.75) is 12.3 Å². The standard InChI is InChI=1S/C6H12FNO2/c7-6-4(3-9)1-8-2-5(6)10/h4-6,8-10H,1-3H2/t4-,5-,6-/m0/s1. The van der Waals surface area contributed by atoms with E-state index in [4.69, 9.17) is 10.2 Å². The Morgan fingerprint density at radius 1 is 1.50 bits per heavy atom. The second-order valence-electron chi connectivity index (χ2n) is 2.61. The van der Waals surface area contributed by atoms with Gasteiger partial charge in [0.15, 0.2) is 0 Å². The van der Waals surface area contributed by atoms with E-state index >= 15 is 0 Å². The van der Waals surface area contributed by atoms with Gasteiger partial charge in [-0.05, 0) is 0 Å². The first-order valence-corrected chi connectivity index (χ1v) is 3.39. The van der Waals surface area contributed by atoms with Crippen LogP contribution in [-0.2, 0) is 0 Å². The molecule has 3 atom stereocenters. The minimum Gasteiger partial charge on any atom is -0.396 e. The van der Waals surface area contributed by atoms with E-state index in [0.717, 1.165) is 0 Å². The maximum Gasteiger partial charge on any atom is 0.133 e. The molecule has 3 nitrogen and oxygen atoms in total. The van der Waals surface area contributed by atoms with Gasteiger partial charge in [0.1, 0.15) is 6.17 Å². The molecule has 4 heteroatoms. The fourth-order valence-electron chi connectivity index (χ4n) is 1.12. The number of aliphatic hydroxyl groups is 2. The molecule has 1 fully saturated rings. The van der Waals surface area contributed by atoms with E-state index in [1.165, 1.54) is 0 Å². The Hall–Kier alpha value is -0.190. The van der Waals surface area contributed by atoms with E-state index in [0.29, 0.717) is 6.54 Å². The maximum atomic E-state index is 12.8. The zero-order chi connectivity index (χ0) is 7.56. The Kier molecular flexibility index (Phi) is 2.59. The van der Waals surface area contributed by atoms with E-state index in [-0.39, 0.29) is 13.2 Å². The number of alkyl halides is 1. The van der Waals surface area contributed by atoms with Crippen LogP contribution in [0.5, 0.6) is 0 Å². The second kappa shape index (κ2) is 3.27. The van der Waals surface area contributed by atoms with Gasteiger partial charge in [0.2, 0.25) is 0 Å². The molecule has 0 spiro atoms. The topological polar surface area (TPSA) is 52.5 Å². The predicted octanol–water partition coefficient (Wildman–Crippen LogP) is -1.10. The molecule has 0 amide bonds. The Morgan fingerprint density at radius 2 is 2.20 bits per heavy atom. The summed E-state index contributed by atoms with van der Waals surface area (Å²) < 4.78 is 12.8. The van der Waals surface area contributed by atoms with E-state index in [1.54, 1.807) is 0 Å². The van der Waals surface area contributed by atoms with Crippen molar-refractivity contribution in [3.8, 4) is 0 Å². The largest absolute Gasteiger partial charge is 0.396 e. The van der Waals surface area contributed by atoms with Crippen molar-refractivity contribution >= 4 is 0 Å². The third-order valence-electron chi connectivity index (χ3n) is 1.81. The monoisotopic (exact) mass is 149 g/mol. The average Bonchev–Trinajstić information content (AvgIpc) is 1.95. The zero-order valence-electron chi connectivity index (χ0n) is 5.63. The minimum absolute atomic E-state index is 0.203. The molecule has 0 radical (unpaired) electrons. The highest BCUT2D eigenvalue weighted by Crippen LogP contribution is 2.14. The van der Waals surface area contributed by atoms with Crippen molar-refractivity contribution < 1.29 is 14.6 Å². The van der Waals surface area contributed by atoms with Crippen LogP contribution in [0.1, 0.15) is 0 Å². The van der Waals surface area contributed by atoms with Crippen molar-refractivity contribution in [3.05, 3.63) is 0 Å². The lowest BCUT2D eigenvalue weighted by atomic mass is 9.96. The van der Waals surface area contributed by atoms with Crippen LogP contribution in [0.15, 0.2) is 0 Å². The van der Waals surface area contributed by atoms with Crippen molar-refractivity contribution in [3.63, 3.8) is 0 Å². The summed E-state index contributed by atoms with van der Waals surface area (Å²) in [6.07, 6.45) is -2.22. The fourth-order valence-corrected chi connectivity index (χ4v) is 1.12. The Labute approximate surface area is 58.9 Å². The summed E-state index contributed by atoms with van der Waals surface area (Å²) in [5, 5.41) is 20.3. The molecule has 10 heavy (non-hydrogen) atoms. The van der Waals surface area contributed by atoms with Crippen LogP contribution in [-0.4, -0.2) is 42.2 Å². The number of hydrogen-bond acceptors (Lipinski definition) is 3. The smallest absolute Gasteiger partial charge is 0.133 e. The molecule has 3 N–H and O–H groups in total. The van der Waals surface area contributed by atoms with E-state index < -0.39 is 18.2 Å². The Balaban J connectivity index is 2.42. The number of hydrogen-bond donors (Lipinski definition) is 3. The highest BCUT2D eigenvalue weighted by molar-refractivity contribution is 4.83. The molecule has 1 saturated heterocycles. The molecule has 0 aliphatic carbocycles. The third kappa shape index (κ3) is 1.45. The number of rotatable bonds is 1. The van der Waals surface area contributed by atoms with Crippen molar-refractivity contribution in [1.29, 1.82) is 0 Å². The molecule has 1 aliphatic heterocycles. The molecule has 0 unspecified atom stereocenters. The molecule has 0 aromatic carbocycles. The van der Waals surface area contributed by atoms with Crippen LogP contribution < -0.4 is 5.32 Å². The third-order valence-corrected chi connectivity index (χ3v) is 1.81. The number of nitrogens with one attached hydrogen (secondary N) is 1. The van der Waals surface area contributed by atoms with Crippen LogP contribution in [0.2, 0.25) is 0 Å². The lowest BCUT2D eigenvalue weighted by Gasteiger charge is -2.29. The van der Waals surface area contributed by atoms with Crippen LogP contribution in [0.4, 0.5) is 4.39 Å². The predicted molar refractivity (Wildman–Crippen MR) is 34.3 cm³/mol. The van der Waals surface area contributed by atoms with Gasteiger partial charge in [-0.15, -0.1) is 0 Å². The molecule has 60 valence electrons. The average molecular weight is 149 g/mol. The van der Waals surface area contributed by atoms with Crippen molar-refractivity contribution in [1.82, 2.24) is 5.32 Å². The first-order chi connectivity index (χ1) is 4.75. The van der Waals surface area contributed by atoms with Gasteiger partial charge < -0.3 is 15.5 Å². The molecule has 0 aromatic rings. The molecular formula is C6H12FNO2. The molecule has 0 saturated carbocycles. The first-order valence-electron chi connectivity index (χ1n) is 3.39. The van der Waals surface area contributed by atoms with Gasteiger partial charge in [-0.1, -0.05) is 0 Å². The van der Waals surface area contributed by atoms with Gasteiger partial charge in [-0.2, -0.15) is 0 Å². The van der Waals surface area contributed by atoms with Gasteiger partial charge in [-0.3, -0.25) is 0 Å². The SMILES string of the molecule is OC[C@@H]1CNC[C@H](O)[C@H]1F. The van der Waals surface area contributed by atoms with E-state index in [1.807, 2.05) is 0 Å². The molecule has 1 aliphatic rings.